The molecular formula is C20H39N3. The summed E-state index contributed by atoms with van der Waals surface area (Å²) in [6.45, 7) is 14.2. The van der Waals surface area contributed by atoms with Gasteiger partial charge in [-0.05, 0) is 110 Å². The van der Waals surface area contributed by atoms with Crippen molar-refractivity contribution in [1.29, 1.82) is 0 Å². The van der Waals surface area contributed by atoms with Gasteiger partial charge in [0, 0.05) is 12.6 Å². The molecule has 134 valence electrons. The summed E-state index contributed by atoms with van der Waals surface area (Å²) in [5, 5.41) is 0. The molecule has 0 radical (unpaired) electrons. The third kappa shape index (κ3) is 4.49. The molecule has 0 saturated carbocycles. The van der Waals surface area contributed by atoms with Crippen LogP contribution >= 0.6 is 0 Å². The average molecular weight is 322 g/mol. The minimum atomic E-state index is 0.702. The molecule has 23 heavy (non-hydrogen) atoms. The average Bonchev–Trinajstić information content (AvgIpc) is 2.59. The largest absolute Gasteiger partial charge is 0.306 e. The summed E-state index contributed by atoms with van der Waals surface area (Å²) in [6.07, 6.45) is 9.99. The van der Waals surface area contributed by atoms with Crippen LogP contribution in [0.25, 0.3) is 0 Å². The third-order valence-electron chi connectivity index (χ3n) is 7.34. The number of hydrogen-bond donors (Lipinski definition) is 0. The molecule has 3 saturated heterocycles. The summed E-state index contributed by atoms with van der Waals surface area (Å²) >= 11 is 0. The van der Waals surface area contributed by atoms with E-state index in [0.29, 0.717) is 5.41 Å². The van der Waals surface area contributed by atoms with Crippen molar-refractivity contribution in [2.45, 2.75) is 64.8 Å². The Balaban J connectivity index is 1.40. The Bertz CT molecular complexity index is 344. The van der Waals surface area contributed by atoms with Crippen molar-refractivity contribution in [3.63, 3.8) is 0 Å². The highest BCUT2D eigenvalue weighted by atomic mass is 15.2. The Morgan fingerprint density at radius 1 is 0.913 bits per heavy atom. The van der Waals surface area contributed by atoms with E-state index in [2.05, 4.69) is 35.6 Å². The standard InChI is InChI=1S/C20H39N3/c1-4-18(2)23-15-9-20(10-16-23)7-13-22(14-8-20)17-19-5-11-21(3)12-6-19/h18-19H,4-17H2,1-3H3. The SMILES string of the molecule is CCC(C)N1CCC2(CCN(CC3CCN(C)CC3)CC2)CC1. The van der Waals surface area contributed by atoms with E-state index in [1.807, 2.05) is 0 Å². The fourth-order valence-corrected chi connectivity index (χ4v) is 5.02. The first-order chi connectivity index (χ1) is 11.1. The van der Waals surface area contributed by atoms with Crippen molar-refractivity contribution in [3.8, 4) is 0 Å². The monoisotopic (exact) mass is 321 g/mol. The van der Waals surface area contributed by atoms with Gasteiger partial charge in [-0.2, -0.15) is 0 Å². The maximum absolute atomic E-state index is 2.79. The topological polar surface area (TPSA) is 9.72 Å². The third-order valence-corrected chi connectivity index (χ3v) is 7.34. The van der Waals surface area contributed by atoms with Gasteiger partial charge in [0.05, 0.1) is 0 Å². The van der Waals surface area contributed by atoms with Crippen LogP contribution in [-0.4, -0.2) is 73.6 Å². The molecule has 0 aliphatic carbocycles. The van der Waals surface area contributed by atoms with Crippen LogP contribution in [0, 0.1) is 11.3 Å². The van der Waals surface area contributed by atoms with E-state index in [4.69, 9.17) is 0 Å². The van der Waals surface area contributed by atoms with Crippen LogP contribution < -0.4 is 0 Å². The van der Waals surface area contributed by atoms with Crippen molar-refractivity contribution in [1.82, 2.24) is 14.7 Å². The first-order valence-electron chi connectivity index (χ1n) is 10.3. The number of piperidine rings is 3. The van der Waals surface area contributed by atoms with Gasteiger partial charge in [0.2, 0.25) is 0 Å². The van der Waals surface area contributed by atoms with E-state index >= 15 is 0 Å². The number of likely N-dealkylation sites (tertiary alicyclic amines) is 3. The zero-order chi connectivity index (χ0) is 16.3. The molecule has 3 fully saturated rings. The van der Waals surface area contributed by atoms with Crippen LogP contribution in [0.5, 0.6) is 0 Å². The summed E-state index contributed by atoms with van der Waals surface area (Å²) in [5.41, 5.74) is 0.702. The van der Waals surface area contributed by atoms with Crippen LogP contribution in [0.1, 0.15) is 58.8 Å². The molecule has 0 aromatic rings. The minimum absolute atomic E-state index is 0.702. The van der Waals surface area contributed by atoms with Crippen LogP contribution in [-0.2, 0) is 0 Å². The highest BCUT2D eigenvalue weighted by Crippen LogP contribution is 2.42. The highest BCUT2D eigenvalue weighted by Gasteiger charge is 2.38. The molecule has 1 spiro atoms. The second-order valence-corrected chi connectivity index (χ2v) is 8.84. The molecule has 0 amide bonds. The van der Waals surface area contributed by atoms with Crippen molar-refractivity contribution >= 4 is 0 Å². The Kier molecular flexibility index (Phi) is 6.03. The number of rotatable bonds is 4. The summed E-state index contributed by atoms with van der Waals surface area (Å²) in [4.78, 5) is 8.02. The van der Waals surface area contributed by atoms with E-state index in [1.54, 1.807) is 0 Å². The summed E-state index contributed by atoms with van der Waals surface area (Å²) in [5.74, 6) is 0.965. The lowest BCUT2D eigenvalue weighted by atomic mass is 9.71. The zero-order valence-electron chi connectivity index (χ0n) is 15.9. The molecule has 1 atom stereocenters. The zero-order valence-corrected chi connectivity index (χ0v) is 15.9. The molecule has 3 aliphatic rings. The van der Waals surface area contributed by atoms with Gasteiger partial charge in [-0.25, -0.2) is 0 Å². The van der Waals surface area contributed by atoms with E-state index in [9.17, 15) is 0 Å². The smallest absolute Gasteiger partial charge is 0.00643 e. The van der Waals surface area contributed by atoms with Gasteiger partial charge in [-0.1, -0.05) is 6.92 Å². The molecule has 3 rings (SSSR count). The predicted octanol–water partition coefficient (Wildman–Crippen LogP) is 3.30. The summed E-state index contributed by atoms with van der Waals surface area (Å²) in [6, 6.07) is 0.789. The van der Waals surface area contributed by atoms with Crippen molar-refractivity contribution in [3.05, 3.63) is 0 Å². The molecule has 3 nitrogen and oxygen atoms in total. The summed E-state index contributed by atoms with van der Waals surface area (Å²) in [7, 11) is 2.27. The fraction of sp³-hybridized carbons (Fsp3) is 1.00. The molecule has 1 unspecified atom stereocenters. The lowest BCUT2D eigenvalue weighted by Gasteiger charge is -2.48. The van der Waals surface area contributed by atoms with Crippen LogP contribution in [0.15, 0.2) is 0 Å². The first-order valence-corrected chi connectivity index (χ1v) is 10.3. The molecule has 0 N–H and O–H groups in total. The van der Waals surface area contributed by atoms with Gasteiger partial charge in [0.15, 0.2) is 0 Å². The summed E-state index contributed by atoms with van der Waals surface area (Å²) < 4.78 is 0. The molecule has 0 aromatic heterocycles. The van der Waals surface area contributed by atoms with Crippen molar-refractivity contribution in [2.24, 2.45) is 11.3 Å². The van der Waals surface area contributed by atoms with Gasteiger partial charge in [0.1, 0.15) is 0 Å². The minimum Gasteiger partial charge on any atom is -0.306 e. The van der Waals surface area contributed by atoms with Gasteiger partial charge in [-0.3, -0.25) is 0 Å². The Morgan fingerprint density at radius 3 is 2.04 bits per heavy atom. The van der Waals surface area contributed by atoms with Crippen molar-refractivity contribution in [2.75, 3.05) is 52.9 Å². The quantitative estimate of drug-likeness (QED) is 0.786. The Morgan fingerprint density at radius 2 is 1.48 bits per heavy atom. The lowest BCUT2D eigenvalue weighted by Crippen LogP contribution is -2.49. The van der Waals surface area contributed by atoms with Gasteiger partial charge < -0.3 is 14.7 Å². The molecule has 3 heteroatoms. The maximum atomic E-state index is 2.79. The molecule has 3 aliphatic heterocycles. The van der Waals surface area contributed by atoms with Crippen LogP contribution in [0.3, 0.4) is 0 Å². The van der Waals surface area contributed by atoms with Crippen LogP contribution in [0.2, 0.25) is 0 Å². The fourth-order valence-electron chi connectivity index (χ4n) is 5.02. The van der Waals surface area contributed by atoms with E-state index in [0.717, 1.165) is 12.0 Å². The number of nitrogens with zero attached hydrogens (tertiary/aromatic N) is 3. The first kappa shape index (κ1) is 17.7. The molecule has 3 heterocycles. The van der Waals surface area contributed by atoms with E-state index < -0.39 is 0 Å². The van der Waals surface area contributed by atoms with E-state index in [-0.39, 0.29) is 0 Å². The Labute approximate surface area is 144 Å². The number of hydrogen-bond acceptors (Lipinski definition) is 3. The second kappa shape index (κ2) is 7.84. The normalized spacial score (nSPS) is 29.9. The Hall–Kier alpha value is -0.120. The van der Waals surface area contributed by atoms with Crippen LogP contribution in [0.4, 0.5) is 0 Å². The maximum Gasteiger partial charge on any atom is 0.00643 e. The highest BCUT2D eigenvalue weighted by molar-refractivity contribution is 4.92. The van der Waals surface area contributed by atoms with E-state index in [1.165, 1.54) is 90.8 Å². The molecule has 0 aromatic carbocycles. The van der Waals surface area contributed by atoms with Crippen molar-refractivity contribution < 1.29 is 0 Å². The second-order valence-electron chi connectivity index (χ2n) is 8.84. The van der Waals surface area contributed by atoms with Gasteiger partial charge in [0.25, 0.3) is 0 Å². The predicted molar refractivity (Wildman–Crippen MR) is 98.9 cm³/mol. The molecule has 0 bridgehead atoms. The molecular weight excluding hydrogens is 282 g/mol. The lowest BCUT2D eigenvalue weighted by molar-refractivity contribution is 0.0154. The van der Waals surface area contributed by atoms with Gasteiger partial charge >= 0.3 is 0 Å². The van der Waals surface area contributed by atoms with Gasteiger partial charge in [-0.15, -0.1) is 0 Å².